The van der Waals surface area contributed by atoms with Crippen LogP contribution in [0.25, 0.3) is 5.78 Å². The van der Waals surface area contributed by atoms with Crippen molar-refractivity contribution in [1.82, 2.24) is 24.5 Å². The van der Waals surface area contributed by atoms with Gasteiger partial charge in [-0.05, 0) is 44.7 Å². The highest BCUT2D eigenvalue weighted by Crippen LogP contribution is 2.34. The molecule has 3 N–H and O–H groups in total. The summed E-state index contributed by atoms with van der Waals surface area (Å²) in [6.07, 6.45) is -4.45. The number of aryl methyl sites for hydroxylation is 1. The Bertz CT molecular complexity index is 1060. The lowest BCUT2D eigenvalue weighted by Crippen LogP contribution is -2.14. The molecule has 3 aromatic rings. The Labute approximate surface area is 159 Å². The van der Waals surface area contributed by atoms with Gasteiger partial charge in [0.15, 0.2) is 0 Å². The van der Waals surface area contributed by atoms with E-state index in [9.17, 15) is 13.2 Å². The molecule has 0 saturated heterocycles. The number of anilines is 2. The summed E-state index contributed by atoms with van der Waals surface area (Å²) in [4.78, 5) is 6.69. The van der Waals surface area contributed by atoms with Crippen LogP contribution in [-0.4, -0.2) is 31.5 Å². The summed E-state index contributed by atoms with van der Waals surface area (Å²) in [5.41, 5.74) is 7.47. The van der Waals surface area contributed by atoms with E-state index in [1.54, 1.807) is 13.0 Å². The van der Waals surface area contributed by atoms with Crippen molar-refractivity contribution in [2.45, 2.75) is 39.2 Å². The maximum absolute atomic E-state index is 13.1. The second kappa shape index (κ2) is 6.33. The maximum Gasteiger partial charge on any atom is 0.416 e. The van der Waals surface area contributed by atoms with Gasteiger partial charge in [0.05, 0.1) is 11.6 Å². The predicted molar refractivity (Wildman–Crippen MR) is 98.6 cm³/mol. The molecule has 0 aliphatic carbocycles. The van der Waals surface area contributed by atoms with Gasteiger partial charge in [0.1, 0.15) is 11.6 Å². The first-order chi connectivity index (χ1) is 13.1. The van der Waals surface area contributed by atoms with Crippen LogP contribution in [0.2, 0.25) is 0 Å². The van der Waals surface area contributed by atoms with Crippen molar-refractivity contribution in [3.63, 3.8) is 0 Å². The summed E-state index contributed by atoms with van der Waals surface area (Å²) >= 11 is 0. The highest BCUT2D eigenvalue weighted by Gasteiger charge is 2.32. The lowest BCUT2D eigenvalue weighted by Gasteiger charge is -2.19. The van der Waals surface area contributed by atoms with Gasteiger partial charge >= 0.3 is 6.18 Å². The van der Waals surface area contributed by atoms with E-state index in [4.69, 9.17) is 5.73 Å². The number of nitrogen functional groups attached to an aromatic ring is 1. The average Bonchev–Trinajstić information content (AvgIpc) is 3.16. The van der Waals surface area contributed by atoms with E-state index in [0.717, 1.165) is 29.2 Å². The third-order valence-electron chi connectivity index (χ3n) is 4.93. The summed E-state index contributed by atoms with van der Waals surface area (Å²) in [5, 5.41) is 11.4. The molecule has 3 heterocycles. The van der Waals surface area contributed by atoms with Crippen LogP contribution in [0.15, 0.2) is 18.2 Å². The number of fused-ring (bicyclic) bond motifs is 3. The van der Waals surface area contributed by atoms with E-state index < -0.39 is 17.8 Å². The highest BCUT2D eigenvalue weighted by molar-refractivity contribution is 5.56. The zero-order valence-electron chi connectivity index (χ0n) is 15.7. The highest BCUT2D eigenvalue weighted by atomic mass is 19.4. The fraction of sp³-hybridized carbons (Fsp3) is 0.389. The molecule has 1 atom stereocenters. The molecule has 0 fully saturated rings. The van der Waals surface area contributed by atoms with Crippen molar-refractivity contribution >= 4 is 17.3 Å². The number of aromatic nitrogens is 4. The van der Waals surface area contributed by atoms with E-state index in [1.165, 1.54) is 0 Å². The predicted octanol–water partition coefficient (Wildman–Crippen LogP) is 3.15. The zero-order valence-corrected chi connectivity index (χ0v) is 15.7. The van der Waals surface area contributed by atoms with Crippen molar-refractivity contribution < 1.29 is 13.2 Å². The monoisotopic (exact) mass is 391 g/mol. The Morgan fingerprint density at radius 3 is 2.64 bits per heavy atom. The number of benzene rings is 1. The normalized spacial score (nSPS) is 15.8. The minimum Gasteiger partial charge on any atom is -0.399 e. The molecule has 1 aliphatic rings. The molecule has 1 aliphatic heterocycles. The SMILES string of the molecule is Cc1nnc2nc(N[C@H](C)c3cc(N)cc(C(F)(F)F)c3)c3c(n12)CN(C)C3. The first-order valence-corrected chi connectivity index (χ1v) is 8.79. The Morgan fingerprint density at radius 1 is 1.18 bits per heavy atom. The van der Waals surface area contributed by atoms with Crippen LogP contribution < -0.4 is 11.1 Å². The summed E-state index contributed by atoms with van der Waals surface area (Å²) in [7, 11) is 1.99. The van der Waals surface area contributed by atoms with Crippen molar-refractivity contribution in [2.24, 2.45) is 0 Å². The Hall–Kier alpha value is -2.88. The van der Waals surface area contributed by atoms with Gasteiger partial charge in [-0.25, -0.2) is 0 Å². The number of alkyl halides is 3. The molecule has 0 amide bonds. The summed E-state index contributed by atoms with van der Waals surface area (Å²) in [6.45, 7) is 5.03. The second-order valence-corrected chi connectivity index (χ2v) is 7.19. The fourth-order valence-electron chi connectivity index (χ4n) is 3.59. The van der Waals surface area contributed by atoms with E-state index in [2.05, 4.69) is 25.4 Å². The van der Waals surface area contributed by atoms with Gasteiger partial charge in [0.25, 0.3) is 5.78 Å². The van der Waals surface area contributed by atoms with Crippen LogP contribution in [0.5, 0.6) is 0 Å². The molecule has 2 aromatic heterocycles. The number of nitrogens with one attached hydrogen (secondary N) is 1. The van der Waals surface area contributed by atoms with Gasteiger partial charge in [0.2, 0.25) is 0 Å². The molecule has 4 rings (SSSR count). The Balaban J connectivity index is 1.73. The van der Waals surface area contributed by atoms with Crippen molar-refractivity contribution in [2.75, 3.05) is 18.1 Å². The fourth-order valence-corrected chi connectivity index (χ4v) is 3.59. The summed E-state index contributed by atoms with van der Waals surface area (Å²) in [6, 6.07) is 3.16. The molecule has 0 radical (unpaired) electrons. The number of hydrogen-bond acceptors (Lipinski definition) is 6. The van der Waals surface area contributed by atoms with E-state index in [-0.39, 0.29) is 5.69 Å². The number of nitrogens with zero attached hydrogens (tertiary/aromatic N) is 5. The van der Waals surface area contributed by atoms with E-state index in [0.29, 0.717) is 30.2 Å². The molecule has 0 unspecified atom stereocenters. The van der Waals surface area contributed by atoms with Crippen LogP contribution in [0.4, 0.5) is 24.7 Å². The lowest BCUT2D eigenvalue weighted by molar-refractivity contribution is -0.137. The first-order valence-electron chi connectivity index (χ1n) is 8.79. The second-order valence-electron chi connectivity index (χ2n) is 7.19. The molecule has 0 saturated carbocycles. The van der Waals surface area contributed by atoms with Crippen LogP contribution in [0.3, 0.4) is 0 Å². The summed E-state index contributed by atoms with van der Waals surface area (Å²) < 4.78 is 41.3. The molecular formula is C18H20F3N7. The van der Waals surface area contributed by atoms with Gasteiger partial charge in [-0.3, -0.25) is 9.30 Å². The zero-order chi connectivity index (χ0) is 20.2. The van der Waals surface area contributed by atoms with E-state index >= 15 is 0 Å². The Morgan fingerprint density at radius 2 is 1.93 bits per heavy atom. The molecule has 7 nitrogen and oxygen atoms in total. The standard InChI is InChI=1S/C18H20F3N7/c1-9(11-4-12(18(19,20)21)6-13(22)5-11)23-16-14-7-27(3)8-15(14)28-10(2)25-26-17(28)24-16/h4-6,9H,7-8,22H2,1-3H3,(H,23,24,26)/t9-/m1/s1. The maximum atomic E-state index is 13.1. The molecule has 0 bridgehead atoms. The van der Waals surface area contributed by atoms with Crippen LogP contribution in [0.1, 0.15) is 41.2 Å². The number of hydrogen-bond donors (Lipinski definition) is 2. The van der Waals surface area contributed by atoms with Crippen LogP contribution >= 0.6 is 0 Å². The molecule has 28 heavy (non-hydrogen) atoms. The molecule has 0 spiro atoms. The average molecular weight is 391 g/mol. The topological polar surface area (TPSA) is 84.4 Å². The van der Waals surface area contributed by atoms with Gasteiger partial charge in [-0.2, -0.15) is 18.2 Å². The molecular weight excluding hydrogens is 371 g/mol. The Kier molecular flexibility index (Phi) is 4.18. The number of halogens is 3. The molecule has 10 heteroatoms. The van der Waals surface area contributed by atoms with Gasteiger partial charge in [-0.15, -0.1) is 10.2 Å². The van der Waals surface area contributed by atoms with Crippen molar-refractivity contribution in [3.8, 4) is 0 Å². The van der Waals surface area contributed by atoms with Gasteiger partial charge in [0, 0.05) is 30.0 Å². The largest absolute Gasteiger partial charge is 0.416 e. The number of rotatable bonds is 3. The third kappa shape index (κ3) is 3.13. The van der Waals surface area contributed by atoms with Crippen molar-refractivity contribution in [3.05, 3.63) is 46.4 Å². The van der Waals surface area contributed by atoms with Gasteiger partial charge in [-0.1, -0.05) is 0 Å². The van der Waals surface area contributed by atoms with Crippen LogP contribution in [0, 0.1) is 6.92 Å². The first kappa shape index (κ1) is 18.5. The quantitative estimate of drug-likeness (QED) is 0.668. The lowest BCUT2D eigenvalue weighted by atomic mass is 10.0. The smallest absolute Gasteiger partial charge is 0.399 e. The molecule has 148 valence electrons. The minimum absolute atomic E-state index is 0.0694. The third-order valence-corrected chi connectivity index (χ3v) is 4.93. The number of nitrogens with two attached hydrogens (primary N) is 1. The van der Waals surface area contributed by atoms with Gasteiger partial charge < -0.3 is 11.1 Å². The van der Waals surface area contributed by atoms with Crippen molar-refractivity contribution in [1.29, 1.82) is 0 Å². The van der Waals surface area contributed by atoms with E-state index in [1.807, 2.05) is 18.4 Å². The minimum atomic E-state index is -4.45. The molecule has 1 aromatic carbocycles. The van der Waals surface area contributed by atoms with Crippen LogP contribution in [-0.2, 0) is 19.3 Å². The summed E-state index contributed by atoms with van der Waals surface area (Å²) in [5.74, 6) is 1.81.